The van der Waals surface area contributed by atoms with Gasteiger partial charge in [0.25, 0.3) is 5.91 Å². The molecule has 0 N–H and O–H groups in total. The molecule has 0 bridgehead atoms. The summed E-state index contributed by atoms with van der Waals surface area (Å²) >= 11 is 0. The molecule has 1 heterocycles. The normalized spacial score (nSPS) is 8.90. The average Bonchev–Trinajstić information content (AvgIpc) is 2.05. The van der Waals surface area contributed by atoms with Crippen LogP contribution in [0.4, 0.5) is 0 Å². The molecule has 0 aliphatic carbocycles. The maximum Gasteiger partial charge on any atom is 0.290 e. The van der Waals surface area contributed by atoms with Crippen molar-refractivity contribution in [3.63, 3.8) is 0 Å². The van der Waals surface area contributed by atoms with Crippen LogP contribution in [-0.4, -0.2) is 17.9 Å². The zero-order chi connectivity index (χ0) is 7.40. The largest absolute Gasteiger partial charge is 0.290 e. The highest BCUT2D eigenvalue weighted by Gasteiger charge is 2.01. The molecule has 0 aromatic carbocycles. The van der Waals surface area contributed by atoms with Crippen molar-refractivity contribution in [2.45, 2.75) is 0 Å². The molecular weight excluding hydrogens is 128 g/mol. The monoisotopic (exact) mass is 135 g/mol. The number of pyridine rings is 1. The molecule has 1 rings (SSSR count). The average molecular weight is 135 g/mol. The standard InChI is InChI=1S/C7H7N2O/c1-8-7(10)6-4-2-3-5-9-6/h2-5H,1H3. The van der Waals surface area contributed by atoms with Crippen LogP contribution in [0.1, 0.15) is 10.5 Å². The Hall–Kier alpha value is -1.38. The van der Waals surface area contributed by atoms with Gasteiger partial charge < -0.3 is 0 Å². The summed E-state index contributed by atoms with van der Waals surface area (Å²) < 4.78 is 0. The van der Waals surface area contributed by atoms with Gasteiger partial charge in [0.1, 0.15) is 5.69 Å². The van der Waals surface area contributed by atoms with Gasteiger partial charge in [0.05, 0.1) is 0 Å². The molecule has 3 heteroatoms. The molecule has 0 unspecified atom stereocenters. The Morgan fingerprint density at radius 3 is 2.90 bits per heavy atom. The zero-order valence-electron chi connectivity index (χ0n) is 5.61. The van der Waals surface area contributed by atoms with Gasteiger partial charge in [-0.3, -0.25) is 9.78 Å². The third kappa shape index (κ3) is 1.31. The fraction of sp³-hybridized carbons (Fsp3) is 0.143. The second-order valence-electron chi connectivity index (χ2n) is 1.74. The molecule has 1 aromatic rings. The minimum absolute atomic E-state index is 0.277. The molecule has 0 atom stereocenters. The van der Waals surface area contributed by atoms with E-state index >= 15 is 0 Å². The van der Waals surface area contributed by atoms with Crippen molar-refractivity contribution >= 4 is 5.91 Å². The first-order valence-electron chi connectivity index (χ1n) is 2.90. The Kier molecular flexibility index (Phi) is 1.99. The summed E-state index contributed by atoms with van der Waals surface area (Å²) in [4.78, 5) is 14.6. The number of rotatable bonds is 1. The SMILES string of the molecule is C[N]C(=O)c1ccccn1. The summed E-state index contributed by atoms with van der Waals surface area (Å²) in [5.74, 6) is -0.277. The highest BCUT2D eigenvalue weighted by molar-refractivity contribution is 5.91. The van der Waals surface area contributed by atoms with Gasteiger partial charge in [-0.05, 0) is 12.1 Å². The van der Waals surface area contributed by atoms with E-state index in [-0.39, 0.29) is 5.91 Å². The highest BCUT2D eigenvalue weighted by Crippen LogP contribution is 1.91. The van der Waals surface area contributed by atoms with Gasteiger partial charge in [0, 0.05) is 13.2 Å². The molecule has 0 saturated heterocycles. The number of hydrogen-bond acceptors (Lipinski definition) is 2. The van der Waals surface area contributed by atoms with Gasteiger partial charge in [0.15, 0.2) is 0 Å². The Balaban J connectivity index is 2.85. The lowest BCUT2D eigenvalue weighted by atomic mass is 10.3. The van der Waals surface area contributed by atoms with Crippen LogP contribution in [-0.2, 0) is 0 Å². The molecule has 3 nitrogen and oxygen atoms in total. The van der Waals surface area contributed by atoms with Gasteiger partial charge in [-0.25, -0.2) is 5.32 Å². The number of nitrogens with zero attached hydrogens (tertiary/aromatic N) is 2. The zero-order valence-corrected chi connectivity index (χ0v) is 5.61. The molecule has 1 amide bonds. The smallest absolute Gasteiger partial charge is 0.265 e. The third-order valence-corrected chi connectivity index (χ3v) is 1.09. The summed E-state index contributed by atoms with van der Waals surface area (Å²) in [6, 6.07) is 5.15. The van der Waals surface area contributed by atoms with Crippen molar-refractivity contribution in [3.05, 3.63) is 30.1 Å². The van der Waals surface area contributed by atoms with Crippen molar-refractivity contribution in [1.82, 2.24) is 10.3 Å². The number of carbonyl (C=O) groups excluding carboxylic acids is 1. The van der Waals surface area contributed by atoms with E-state index in [4.69, 9.17) is 0 Å². The predicted molar refractivity (Wildman–Crippen MR) is 36.6 cm³/mol. The van der Waals surface area contributed by atoms with Gasteiger partial charge in [-0.15, -0.1) is 0 Å². The van der Waals surface area contributed by atoms with E-state index in [1.54, 1.807) is 24.4 Å². The first kappa shape index (κ1) is 6.74. The van der Waals surface area contributed by atoms with E-state index in [9.17, 15) is 4.79 Å². The molecule has 1 radical (unpaired) electrons. The second kappa shape index (κ2) is 2.96. The van der Waals surface area contributed by atoms with E-state index in [0.717, 1.165) is 0 Å². The van der Waals surface area contributed by atoms with Crippen LogP contribution in [0.25, 0.3) is 0 Å². The fourth-order valence-corrected chi connectivity index (χ4v) is 0.604. The predicted octanol–water partition coefficient (Wildman–Crippen LogP) is 0.456. The van der Waals surface area contributed by atoms with E-state index in [0.29, 0.717) is 5.69 Å². The maximum atomic E-state index is 10.8. The minimum Gasteiger partial charge on any atom is -0.265 e. The van der Waals surface area contributed by atoms with Crippen LogP contribution < -0.4 is 5.32 Å². The Morgan fingerprint density at radius 2 is 2.40 bits per heavy atom. The van der Waals surface area contributed by atoms with Gasteiger partial charge >= 0.3 is 0 Å². The van der Waals surface area contributed by atoms with Crippen LogP contribution in [0, 0.1) is 0 Å². The topological polar surface area (TPSA) is 44.1 Å². The van der Waals surface area contributed by atoms with Gasteiger partial charge in [-0.2, -0.15) is 0 Å². The summed E-state index contributed by atoms with van der Waals surface area (Å²) in [5, 5.41) is 3.46. The van der Waals surface area contributed by atoms with Crippen LogP contribution in [0.3, 0.4) is 0 Å². The van der Waals surface area contributed by atoms with Gasteiger partial charge in [0.2, 0.25) is 0 Å². The lowest BCUT2D eigenvalue weighted by Gasteiger charge is -1.92. The van der Waals surface area contributed by atoms with Crippen molar-refractivity contribution in [1.29, 1.82) is 0 Å². The van der Waals surface area contributed by atoms with Crippen molar-refractivity contribution in [2.24, 2.45) is 0 Å². The van der Waals surface area contributed by atoms with E-state index in [2.05, 4.69) is 10.3 Å². The molecule has 1 aromatic heterocycles. The van der Waals surface area contributed by atoms with Crippen LogP contribution >= 0.6 is 0 Å². The van der Waals surface area contributed by atoms with Crippen molar-refractivity contribution in [3.8, 4) is 0 Å². The molecule has 0 fully saturated rings. The second-order valence-corrected chi connectivity index (χ2v) is 1.74. The summed E-state index contributed by atoms with van der Waals surface area (Å²) in [5.41, 5.74) is 0.394. The Bertz CT molecular complexity index is 220. The molecular formula is C7H7N2O. The number of aromatic nitrogens is 1. The van der Waals surface area contributed by atoms with Crippen molar-refractivity contribution in [2.75, 3.05) is 7.05 Å². The number of carbonyl (C=O) groups is 1. The van der Waals surface area contributed by atoms with Crippen LogP contribution in [0.15, 0.2) is 24.4 Å². The third-order valence-electron chi connectivity index (χ3n) is 1.09. The highest BCUT2D eigenvalue weighted by atomic mass is 16.1. The molecule has 0 spiro atoms. The number of hydrogen-bond donors (Lipinski definition) is 0. The number of amides is 1. The molecule has 51 valence electrons. The molecule has 0 aliphatic rings. The van der Waals surface area contributed by atoms with Crippen LogP contribution in [0.5, 0.6) is 0 Å². The lowest BCUT2D eigenvalue weighted by molar-refractivity contribution is 0.0954. The van der Waals surface area contributed by atoms with E-state index < -0.39 is 0 Å². The van der Waals surface area contributed by atoms with Gasteiger partial charge in [-0.1, -0.05) is 6.07 Å². The molecule has 10 heavy (non-hydrogen) atoms. The first-order chi connectivity index (χ1) is 4.84. The Labute approximate surface area is 59.1 Å². The summed E-state index contributed by atoms with van der Waals surface area (Å²) in [7, 11) is 1.46. The fourth-order valence-electron chi connectivity index (χ4n) is 0.604. The summed E-state index contributed by atoms with van der Waals surface area (Å²) in [6.45, 7) is 0. The van der Waals surface area contributed by atoms with Crippen molar-refractivity contribution < 1.29 is 4.79 Å². The molecule has 0 aliphatic heterocycles. The van der Waals surface area contributed by atoms with E-state index in [1.807, 2.05) is 0 Å². The maximum absolute atomic E-state index is 10.8. The molecule has 0 saturated carbocycles. The first-order valence-corrected chi connectivity index (χ1v) is 2.90. The Morgan fingerprint density at radius 1 is 1.60 bits per heavy atom. The lowest BCUT2D eigenvalue weighted by Crippen LogP contribution is -2.11. The quantitative estimate of drug-likeness (QED) is 0.561. The summed E-state index contributed by atoms with van der Waals surface area (Å²) in [6.07, 6.45) is 1.57. The van der Waals surface area contributed by atoms with Crippen LogP contribution in [0.2, 0.25) is 0 Å². The van der Waals surface area contributed by atoms with E-state index in [1.165, 1.54) is 7.05 Å². The minimum atomic E-state index is -0.277.